The number of hydrogen-bond donors (Lipinski definition) is 1. The second-order valence-corrected chi connectivity index (χ2v) is 4.87. The minimum Gasteiger partial charge on any atom is -0.373 e. The second-order valence-electron chi connectivity index (χ2n) is 4.87. The maximum atomic E-state index is 4.61. The molecule has 0 saturated heterocycles. The molecule has 5 heteroatoms. The van der Waals surface area contributed by atoms with Gasteiger partial charge in [-0.2, -0.15) is 5.10 Å². The lowest BCUT2D eigenvalue weighted by Crippen LogP contribution is -2.01. The molecule has 0 unspecified atom stereocenters. The van der Waals surface area contributed by atoms with Gasteiger partial charge in [0.2, 0.25) is 0 Å². The molecule has 0 aliphatic carbocycles. The summed E-state index contributed by atoms with van der Waals surface area (Å²) in [5, 5.41) is 7.43. The van der Waals surface area contributed by atoms with Crippen molar-refractivity contribution < 1.29 is 0 Å². The molecule has 0 saturated carbocycles. The zero-order chi connectivity index (χ0) is 13.8. The largest absolute Gasteiger partial charge is 0.373 e. The zero-order valence-corrected chi connectivity index (χ0v) is 12.0. The minimum atomic E-state index is 0.344. The number of anilines is 1. The number of nitrogens with zero attached hydrogens (tertiary/aromatic N) is 4. The maximum absolute atomic E-state index is 4.61. The Bertz CT molecular complexity index is 545. The van der Waals surface area contributed by atoms with Gasteiger partial charge in [0.05, 0.1) is 11.8 Å². The molecule has 2 aromatic rings. The van der Waals surface area contributed by atoms with E-state index in [1.165, 1.54) is 0 Å². The standard InChI is InChI=1S/C14H21N5/c1-5-6-12-7-13(15-4)18-14(17-12)11-8-16-19(9-11)10(2)3/h7-10H,5-6H2,1-4H3,(H,15,17,18). The molecular formula is C14H21N5. The molecular weight excluding hydrogens is 238 g/mol. The molecule has 102 valence electrons. The average Bonchev–Trinajstić information content (AvgIpc) is 2.88. The van der Waals surface area contributed by atoms with Crippen LogP contribution in [0.4, 0.5) is 5.82 Å². The Balaban J connectivity index is 2.38. The Morgan fingerprint density at radius 2 is 2.11 bits per heavy atom. The van der Waals surface area contributed by atoms with E-state index in [1.807, 2.05) is 30.2 Å². The summed E-state index contributed by atoms with van der Waals surface area (Å²) in [6, 6.07) is 2.34. The monoisotopic (exact) mass is 259 g/mol. The molecule has 0 aliphatic heterocycles. The predicted molar refractivity (Wildman–Crippen MR) is 77.2 cm³/mol. The molecule has 0 spiro atoms. The summed E-state index contributed by atoms with van der Waals surface area (Å²) in [5.41, 5.74) is 2.03. The summed E-state index contributed by atoms with van der Waals surface area (Å²) in [6.45, 7) is 6.35. The van der Waals surface area contributed by atoms with Gasteiger partial charge >= 0.3 is 0 Å². The van der Waals surface area contributed by atoms with Crippen molar-refractivity contribution in [2.75, 3.05) is 12.4 Å². The molecule has 0 aliphatic rings. The molecule has 1 N–H and O–H groups in total. The van der Waals surface area contributed by atoms with E-state index in [2.05, 4.69) is 41.2 Å². The summed E-state index contributed by atoms with van der Waals surface area (Å²) in [4.78, 5) is 9.11. The zero-order valence-electron chi connectivity index (χ0n) is 12.0. The Labute approximate surface area is 114 Å². The van der Waals surface area contributed by atoms with Crippen LogP contribution in [0, 0.1) is 0 Å². The molecule has 2 heterocycles. The van der Waals surface area contributed by atoms with Gasteiger partial charge in [-0.3, -0.25) is 4.68 Å². The fourth-order valence-corrected chi connectivity index (χ4v) is 1.87. The van der Waals surface area contributed by atoms with E-state index < -0.39 is 0 Å². The highest BCUT2D eigenvalue weighted by molar-refractivity contribution is 5.55. The van der Waals surface area contributed by atoms with Crippen LogP contribution >= 0.6 is 0 Å². The molecule has 19 heavy (non-hydrogen) atoms. The molecule has 2 rings (SSSR count). The smallest absolute Gasteiger partial charge is 0.164 e. The van der Waals surface area contributed by atoms with E-state index in [1.54, 1.807) is 0 Å². The van der Waals surface area contributed by atoms with E-state index in [9.17, 15) is 0 Å². The quantitative estimate of drug-likeness (QED) is 0.897. The van der Waals surface area contributed by atoms with Crippen LogP contribution in [0.15, 0.2) is 18.5 Å². The van der Waals surface area contributed by atoms with Crippen molar-refractivity contribution in [3.05, 3.63) is 24.2 Å². The van der Waals surface area contributed by atoms with Gasteiger partial charge in [-0.05, 0) is 20.3 Å². The van der Waals surface area contributed by atoms with E-state index in [-0.39, 0.29) is 0 Å². The van der Waals surface area contributed by atoms with Crippen LogP contribution in [-0.2, 0) is 6.42 Å². The lowest BCUT2D eigenvalue weighted by Gasteiger charge is -2.06. The van der Waals surface area contributed by atoms with Gasteiger partial charge in [-0.1, -0.05) is 13.3 Å². The van der Waals surface area contributed by atoms with Crippen LogP contribution in [0.2, 0.25) is 0 Å². The molecule has 0 aromatic carbocycles. The number of nitrogens with one attached hydrogen (secondary N) is 1. The fourth-order valence-electron chi connectivity index (χ4n) is 1.87. The van der Waals surface area contributed by atoms with Crippen molar-refractivity contribution in [2.24, 2.45) is 0 Å². The maximum Gasteiger partial charge on any atom is 0.164 e. The van der Waals surface area contributed by atoms with Gasteiger partial charge in [0.25, 0.3) is 0 Å². The number of rotatable bonds is 5. The van der Waals surface area contributed by atoms with Crippen LogP contribution in [-0.4, -0.2) is 26.8 Å². The van der Waals surface area contributed by atoms with Gasteiger partial charge in [0.15, 0.2) is 5.82 Å². The van der Waals surface area contributed by atoms with Crippen LogP contribution < -0.4 is 5.32 Å². The summed E-state index contributed by atoms with van der Waals surface area (Å²) in [7, 11) is 1.87. The third-order valence-corrected chi connectivity index (χ3v) is 2.93. The SMILES string of the molecule is CCCc1cc(NC)nc(-c2cnn(C(C)C)c2)n1. The Morgan fingerprint density at radius 1 is 1.32 bits per heavy atom. The van der Waals surface area contributed by atoms with Crippen LogP contribution in [0.25, 0.3) is 11.4 Å². The first-order valence-corrected chi connectivity index (χ1v) is 6.74. The van der Waals surface area contributed by atoms with Crippen molar-refractivity contribution in [1.82, 2.24) is 19.7 Å². The number of aryl methyl sites for hydroxylation is 1. The normalized spacial score (nSPS) is 11.0. The predicted octanol–water partition coefficient (Wildman–Crippen LogP) is 2.92. The topological polar surface area (TPSA) is 55.6 Å². The summed E-state index contributed by atoms with van der Waals surface area (Å²) in [5.74, 6) is 1.59. The first-order chi connectivity index (χ1) is 9.13. The molecule has 0 atom stereocenters. The van der Waals surface area contributed by atoms with Crippen molar-refractivity contribution in [3.8, 4) is 11.4 Å². The summed E-state index contributed by atoms with van der Waals surface area (Å²) < 4.78 is 1.92. The van der Waals surface area contributed by atoms with E-state index in [0.717, 1.165) is 35.7 Å². The highest BCUT2D eigenvalue weighted by atomic mass is 15.3. The van der Waals surface area contributed by atoms with Gasteiger partial charge in [-0.15, -0.1) is 0 Å². The molecule has 5 nitrogen and oxygen atoms in total. The molecule has 0 bridgehead atoms. The minimum absolute atomic E-state index is 0.344. The first-order valence-electron chi connectivity index (χ1n) is 6.74. The number of hydrogen-bond acceptors (Lipinski definition) is 4. The Morgan fingerprint density at radius 3 is 2.68 bits per heavy atom. The van der Waals surface area contributed by atoms with Crippen LogP contribution in [0.5, 0.6) is 0 Å². The number of aromatic nitrogens is 4. The van der Waals surface area contributed by atoms with Gasteiger partial charge in [-0.25, -0.2) is 9.97 Å². The summed E-state index contributed by atoms with van der Waals surface area (Å²) in [6.07, 6.45) is 5.85. The highest BCUT2D eigenvalue weighted by Gasteiger charge is 2.09. The van der Waals surface area contributed by atoms with Crippen LogP contribution in [0.3, 0.4) is 0 Å². The van der Waals surface area contributed by atoms with Crippen molar-refractivity contribution in [3.63, 3.8) is 0 Å². The van der Waals surface area contributed by atoms with Gasteiger partial charge < -0.3 is 5.32 Å². The summed E-state index contributed by atoms with van der Waals surface area (Å²) >= 11 is 0. The lowest BCUT2D eigenvalue weighted by atomic mass is 10.2. The second kappa shape index (κ2) is 5.82. The Kier molecular flexibility index (Phi) is 4.14. The van der Waals surface area contributed by atoms with E-state index >= 15 is 0 Å². The average molecular weight is 259 g/mol. The van der Waals surface area contributed by atoms with Crippen molar-refractivity contribution in [1.29, 1.82) is 0 Å². The van der Waals surface area contributed by atoms with Crippen molar-refractivity contribution in [2.45, 2.75) is 39.7 Å². The fraction of sp³-hybridized carbons (Fsp3) is 0.500. The van der Waals surface area contributed by atoms with Gasteiger partial charge in [0, 0.05) is 31.0 Å². The molecule has 0 radical (unpaired) electrons. The molecule has 0 amide bonds. The highest BCUT2D eigenvalue weighted by Crippen LogP contribution is 2.19. The van der Waals surface area contributed by atoms with Gasteiger partial charge in [0.1, 0.15) is 5.82 Å². The third-order valence-electron chi connectivity index (χ3n) is 2.93. The van der Waals surface area contributed by atoms with E-state index in [0.29, 0.717) is 6.04 Å². The lowest BCUT2D eigenvalue weighted by molar-refractivity contribution is 0.532. The Hall–Kier alpha value is -1.91. The first kappa shape index (κ1) is 13.5. The van der Waals surface area contributed by atoms with Crippen molar-refractivity contribution >= 4 is 5.82 Å². The van der Waals surface area contributed by atoms with E-state index in [4.69, 9.17) is 0 Å². The van der Waals surface area contributed by atoms with Crippen LogP contribution in [0.1, 0.15) is 38.9 Å². The molecule has 0 fully saturated rings. The third kappa shape index (κ3) is 3.10. The molecule has 2 aromatic heterocycles.